The fourth-order valence-corrected chi connectivity index (χ4v) is 2.06. The number of benzene rings is 1. The normalized spacial score (nSPS) is 10.5. The van der Waals surface area contributed by atoms with Crippen LogP contribution in [0.25, 0.3) is 11.4 Å². The van der Waals surface area contributed by atoms with Gasteiger partial charge in [-0.25, -0.2) is 0 Å². The van der Waals surface area contributed by atoms with E-state index in [1.165, 1.54) is 4.80 Å². The van der Waals surface area contributed by atoms with E-state index in [-0.39, 0.29) is 0 Å². The summed E-state index contributed by atoms with van der Waals surface area (Å²) in [4.78, 5) is 1.50. The van der Waals surface area contributed by atoms with E-state index in [4.69, 9.17) is 5.26 Å². The van der Waals surface area contributed by atoms with Crippen molar-refractivity contribution in [2.24, 2.45) is 7.05 Å². The first-order valence-electron chi connectivity index (χ1n) is 6.15. The van der Waals surface area contributed by atoms with Crippen LogP contribution in [0, 0.1) is 11.3 Å². The molecule has 104 valence electrons. The molecule has 0 atom stereocenters. The third-order valence-electron chi connectivity index (χ3n) is 3.01. The van der Waals surface area contributed by atoms with Crippen LogP contribution in [-0.4, -0.2) is 30.0 Å². The fourth-order valence-electron chi connectivity index (χ4n) is 1.85. The van der Waals surface area contributed by atoms with E-state index in [1.807, 2.05) is 12.1 Å². The molecule has 21 heavy (non-hydrogen) atoms. The molecule has 0 amide bonds. The summed E-state index contributed by atoms with van der Waals surface area (Å²) in [5, 5.41) is 25.9. The SMILES string of the molecule is Cn1ncc(-c2nnn(Cc3ccc(C#N)cc3)n2)c1S. The van der Waals surface area contributed by atoms with Gasteiger partial charge >= 0.3 is 0 Å². The van der Waals surface area contributed by atoms with Crippen LogP contribution in [0.3, 0.4) is 0 Å². The molecule has 0 unspecified atom stereocenters. The monoisotopic (exact) mass is 297 g/mol. The first-order chi connectivity index (χ1) is 10.2. The van der Waals surface area contributed by atoms with Crippen LogP contribution in [-0.2, 0) is 13.6 Å². The molecule has 3 aromatic rings. The maximum absolute atomic E-state index is 8.77. The van der Waals surface area contributed by atoms with Crippen molar-refractivity contribution in [2.75, 3.05) is 0 Å². The Labute approximate surface area is 126 Å². The van der Waals surface area contributed by atoms with E-state index in [2.05, 4.69) is 39.2 Å². The minimum absolute atomic E-state index is 0.487. The summed E-state index contributed by atoms with van der Waals surface area (Å²) < 4.78 is 1.64. The van der Waals surface area contributed by atoms with E-state index in [1.54, 1.807) is 30.1 Å². The molecule has 2 aromatic heterocycles. The lowest BCUT2D eigenvalue weighted by atomic mass is 10.1. The molecule has 8 heteroatoms. The van der Waals surface area contributed by atoms with Crippen molar-refractivity contribution >= 4 is 12.6 Å². The standard InChI is InChI=1S/C13H11N7S/c1-19-13(21)11(7-15-19)12-16-18-20(17-12)8-10-4-2-9(6-14)3-5-10/h2-5,7,21H,8H2,1H3. The number of tetrazole rings is 1. The smallest absolute Gasteiger partial charge is 0.209 e. The van der Waals surface area contributed by atoms with Gasteiger partial charge in [-0.3, -0.25) is 4.68 Å². The number of thiol groups is 1. The lowest BCUT2D eigenvalue weighted by Crippen LogP contribution is -2.04. The van der Waals surface area contributed by atoms with Gasteiger partial charge in [-0.15, -0.1) is 22.8 Å². The number of nitriles is 1. The van der Waals surface area contributed by atoms with Crippen molar-refractivity contribution in [2.45, 2.75) is 11.6 Å². The zero-order valence-corrected chi connectivity index (χ0v) is 12.1. The van der Waals surface area contributed by atoms with Gasteiger partial charge in [-0.2, -0.15) is 15.2 Å². The van der Waals surface area contributed by atoms with Gasteiger partial charge in [0.25, 0.3) is 0 Å². The molecule has 0 aliphatic heterocycles. The highest BCUT2D eigenvalue weighted by atomic mass is 32.1. The Morgan fingerprint density at radius 3 is 2.67 bits per heavy atom. The molecule has 0 aliphatic rings. The molecule has 3 rings (SSSR count). The molecule has 0 fully saturated rings. The van der Waals surface area contributed by atoms with Crippen LogP contribution in [0.2, 0.25) is 0 Å². The summed E-state index contributed by atoms with van der Waals surface area (Å²) in [5.41, 5.74) is 2.36. The molecule has 0 saturated carbocycles. The number of rotatable bonds is 3. The number of nitrogens with zero attached hydrogens (tertiary/aromatic N) is 7. The second kappa shape index (κ2) is 5.38. The van der Waals surface area contributed by atoms with Crippen LogP contribution >= 0.6 is 12.6 Å². The second-order valence-corrected chi connectivity index (χ2v) is 4.88. The first kappa shape index (κ1) is 13.3. The minimum Gasteiger partial charge on any atom is -0.262 e. The van der Waals surface area contributed by atoms with E-state index in [9.17, 15) is 0 Å². The van der Waals surface area contributed by atoms with Crippen LogP contribution in [0.5, 0.6) is 0 Å². The van der Waals surface area contributed by atoms with Crippen molar-refractivity contribution < 1.29 is 0 Å². The van der Waals surface area contributed by atoms with Gasteiger partial charge in [0, 0.05) is 7.05 Å². The largest absolute Gasteiger partial charge is 0.262 e. The zero-order valence-electron chi connectivity index (χ0n) is 11.2. The fraction of sp³-hybridized carbons (Fsp3) is 0.154. The lowest BCUT2D eigenvalue weighted by Gasteiger charge is -1.99. The molecule has 0 aliphatic carbocycles. The predicted octanol–water partition coefficient (Wildman–Crippen LogP) is 1.28. The zero-order chi connectivity index (χ0) is 14.8. The predicted molar refractivity (Wildman–Crippen MR) is 77.5 cm³/mol. The van der Waals surface area contributed by atoms with Gasteiger partial charge in [0.05, 0.1) is 29.9 Å². The third-order valence-corrected chi connectivity index (χ3v) is 3.54. The quantitative estimate of drug-likeness (QED) is 0.736. The van der Waals surface area contributed by atoms with Gasteiger partial charge in [0.15, 0.2) is 0 Å². The van der Waals surface area contributed by atoms with E-state index in [0.717, 1.165) is 11.1 Å². The van der Waals surface area contributed by atoms with Crippen molar-refractivity contribution in [3.05, 3.63) is 41.6 Å². The van der Waals surface area contributed by atoms with E-state index >= 15 is 0 Å². The Kier molecular flexibility index (Phi) is 3.41. The highest BCUT2D eigenvalue weighted by Crippen LogP contribution is 2.21. The summed E-state index contributed by atoms with van der Waals surface area (Å²) in [6, 6.07) is 9.35. The molecule has 0 bridgehead atoms. The maximum Gasteiger partial charge on any atom is 0.209 e. The minimum atomic E-state index is 0.487. The van der Waals surface area contributed by atoms with Gasteiger partial charge in [-0.05, 0) is 22.9 Å². The van der Waals surface area contributed by atoms with Gasteiger partial charge in [0.1, 0.15) is 5.03 Å². The van der Waals surface area contributed by atoms with Crippen molar-refractivity contribution in [1.82, 2.24) is 30.0 Å². The lowest BCUT2D eigenvalue weighted by molar-refractivity contribution is 0.573. The summed E-state index contributed by atoms with van der Waals surface area (Å²) >= 11 is 4.36. The summed E-state index contributed by atoms with van der Waals surface area (Å²) in [6.45, 7) is 0.487. The molecule has 0 radical (unpaired) electrons. The van der Waals surface area contributed by atoms with Crippen LogP contribution in [0.1, 0.15) is 11.1 Å². The Morgan fingerprint density at radius 2 is 2.05 bits per heavy atom. The topological polar surface area (TPSA) is 85.2 Å². The van der Waals surface area contributed by atoms with Crippen molar-refractivity contribution in [3.63, 3.8) is 0 Å². The average Bonchev–Trinajstić information content (AvgIpc) is 3.08. The maximum atomic E-state index is 8.77. The molecule has 0 saturated heterocycles. The Hall–Kier alpha value is -2.66. The summed E-state index contributed by atoms with van der Waals surface area (Å²) in [5.74, 6) is 0.488. The Morgan fingerprint density at radius 1 is 1.29 bits per heavy atom. The highest BCUT2D eigenvalue weighted by Gasteiger charge is 2.13. The first-order valence-corrected chi connectivity index (χ1v) is 6.60. The number of aryl methyl sites for hydroxylation is 1. The Bertz CT molecular complexity index is 810. The number of hydrogen-bond donors (Lipinski definition) is 1. The number of hydrogen-bond acceptors (Lipinski definition) is 6. The summed E-state index contributed by atoms with van der Waals surface area (Å²) in [6.07, 6.45) is 1.66. The van der Waals surface area contributed by atoms with Crippen LogP contribution in [0.15, 0.2) is 35.5 Å². The Balaban J connectivity index is 1.82. The molecule has 2 heterocycles. The molecule has 7 nitrogen and oxygen atoms in total. The molecule has 1 aromatic carbocycles. The molecular formula is C13H11N7S. The van der Waals surface area contributed by atoms with Gasteiger partial charge < -0.3 is 0 Å². The molecule has 0 spiro atoms. The highest BCUT2D eigenvalue weighted by molar-refractivity contribution is 7.80. The van der Waals surface area contributed by atoms with Crippen molar-refractivity contribution in [3.8, 4) is 17.5 Å². The number of aromatic nitrogens is 6. The van der Waals surface area contributed by atoms with Gasteiger partial charge in [0.2, 0.25) is 5.82 Å². The second-order valence-electron chi connectivity index (χ2n) is 4.46. The van der Waals surface area contributed by atoms with Crippen molar-refractivity contribution in [1.29, 1.82) is 5.26 Å². The van der Waals surface area contributed by atoms with E-state index < -0.39 is 0 Å². The van der Waals surface area contributed by atoms with Gasteiger partial charge in [-0.1, -0.05) is 12.1 Å². The van der Waals surface area contributed by atoms with Crippen LogP contribution < -0.4 is 0 Å². The van der Waals surface area contributed by atoms with Crippen LogP contribution in [0.4, 0.5) is 0 Å². The summed E-state index contributed by atoms with van der Waals surface area (Å²) in [7, 11) is 1.80. The molecular weight excluding hydrogens is 286 g/mol. The molecule has 0 N–H and O–H groups in total. The third kappa shape index (κ3) is 2.64. The van der Waals surface area contributed by atoms with E-state index in [0.29, 0.717) is 23.0 Å². The average molecular weight is 297 g/mol.